The topological polar surface area (TPSA) is 78.6 Å². The fourth-order valence-corrected chi connectivity index (χ4v) is 1.69. The molecule has 1 unspecified atom stereocenters. The first-order chi connectivity index (χ1) is 8.88. The molecule has 18 heavy (non-hydrogen) atoms. The van der Waals surface area contributed by atoms with Crippen molar-refractivity contribution in [1.29, 1.82) is 0 Å². The highest BCUT2D eigenvalue weighted by Gasteiger charge is 2.16. The molecule has 0 bridgehead atoms. The van der Waals surface area contributed by atoms with Crippen LogP contribution in [0.25, 0.3) is 0 Å². The molecule has 1 aliphatic rings. The van der Waals surface area contributed by atoms with Gasteiger partial charge in [-0.15, -0.1) is 5.10 Å². The zero-order valence-electron chi connectivity index (χ0n) is 10.6. The minimum Gasteiger partial charge on any atom is -0.406 e. The fraction of sp³-hybridized carbons (Fsp3) is 0.818. The third kappa shape index (κ3) is 4.25. The van der Waals surface area contributed by atoms with Gasteiger partial charge in [-0.3, -0.25) is 0 Å². The number of nitrogens with one attached hydrogen (secondary N) is 1. The molecule has 102 valence electrons. The van der Waals surface area contributed by atoms with Crippen LogP contribution in [0.2, 0.25) is 0 Å². The zero-order valence-corrected chi connectivity index (χ0v) is 10.6. The SMILES string of the molecule is COCCOCc1nnc(NCC2CCCO2)o1. The number of nitrogens with zero attached hydrogens (tertiary/aromatic N) is 2. The number of anilines is 1. The number of methoxy groups -OCH3 is 1. The smallest absolute Gasteiger partial charge is 0.315 e. The van der Waals surface area contributed by atoms with Crippen molar-refractivity contribution in [2.45, 2.75) is 25.6 Å². The molecule has 7 nitrogen and oxygen atoms in total. The molecular weight excluding hydrogens is 238 g/mol. The van der Waals surface area contributed by atoms with Crippen molar-refractivity contribution in [3.05, 3.63) is 5.89 Å². The Morgan fingerprint density at radius 1 is 1.39 bits per heavy atom. The van der Waals surface area contributed by atoms with Crippen molar-refractivity contribution in [1.82, 2.24) is 10.2 Å². The lowest BCUT2D eigenvalue weighted by Gasteiger charge is -2.07. The van der Waals surface area contributed by atoms with Crippen LogP contribution < -0.4 is 5.32 Å². The predicted octanol–water partition coefficient (Wildman–Crippen LogP) is 0.823. The van der Waals surface area contributed by atoms with E-state index in [2.05, 4.69) is 15.5 Å². The highest BCUT2D eigenvalue weighted by molar-refractivity contribution is 5.17. The van der Waals surface area contributed by atoms with E-state index in [1.54, 1.807) is 7.11 Å². The molecule has 0 saturated carbocycles. The van der Waals surface area contributed by atoms with E-state index >= 15 is 0 Å². The molecule has 1 aromatic rings. The maximum Gasteiger partial charge on any atom is 0.315 e. The summed E-state index contributed by atoms with van der Waals surface area (Å²) >= 11 is 0. The minimum atomic E-state index is 0.248. The Kier molecular flexibility index (Phi) is 5.37. The lowest BCUT2D eigenvalue weighted by Crippen LogP contribution is -2.18. The van der Waals surface area contributed by atoms with Crippen LogP contribution in [0.5, 0.6) is 0 Å². The number of hydrogen-bond donors (Lipinski definition) is 1. The zero-order chi connectivity index (χ0) is 12.6. The van der Waals surface area contributed by atoms with Gasteiger partial charge in [0.15, 0.2) is 0 Å². The van der Waals surface area contributed by atoms with Gasteiger partial charge in [0.25, 0.3) is 0 Å². The van der Waals surface area contributed by atoms with Gasteiger partial charge in [0.05, 0.1) is 19.3 Å². The quantitative estimate of drug-likeness (QED) is 0.691. The van der Waals surface area contributed by atoms with Crippen LogP contribution in [0.3, 0.4) is 0 Å². The Balaban J connectivity index is 1.65. The highest BCUT2D eigenvalue weighted by Crippen LogP contribution is 2.13. The summed E-state index contributed by atoms with van der Waals surface area (Å²) in [6, 6.07) is 0.413. The summed E-state index contributed by atoms with van der Waals surface area (Å²) in [6.45, 7) is 2.91. The van der Waals surface area contributed by atoms with E-state index in [0.29, 0.717) is 38.3 Å². The van der Waals surface area contributed by atoms with Crippen molar-refractivity contribution >= 4 is 6.01 Å². The summed E-state index contributed by atoms with van der Waals surface area (Å²) in [5.74, 6) is 0.459. The third-order valence-corrected chi connectivity index (χ3v) is 2.63. The van der Waals surface area contributed by atoms with Gasteiger partial charge in [-0.25, -0.2) is 0 Å². The summed E-state index contributed by atoms with van der Waals surface area (Å²) in [5.41, 5.74) is 0. The molecule has 1 aliphatic heterocycles. The summed E-state index contributed by atoms with van der Waals surface area (Å²) in [6.07, 6.45) is 2.45. The van der Waals surface area contributed by atoms with Crippen LogP contribution in [0, 0.1) is 0 Å². The summed E-state index contributed by atoms with van der Waals surface area (Å²) < 4.78 is 21.0. The molecule has 1 fully saturated rings. The van der Waals surface area contributed by atoms with Crippen molar-refractivity contribution < 1.29 is 18.6 Å². The van der Waals surface area contributed by atoms with E-state index < -0.39 is 0 Å². The van der Waals surface area contributed by atoms with Gasteiger partial charge in [0, 0.05) is 20.3 Å². The standard InChI is InChI=1S/C11H19N3O4/c1-15-5-6-16-8-10-13-14-11(18-10)12-7-9-3-2-4-17-9/h9H,2-8H2,1H3,(H,12,14). The Bertz CT molecular complexity index is 339. The van der Waals surface area contributed by atoms with E-state index in [1.807, 2.05) is 0 Å². The van der Waals surface area contributed by atoms with E-state index in [4.69, 9.17) is 18.6 Å². The molecule has 1 atom stereocenters. The molecule has 7 heteroatoms. The van der Waals surface area contributed by atoms with E-state index in [1.165, 1.54) is 0 Å². The second kappa shape index (κ2) is 7.30. The van der Waals surface area contributed by atoms with Crippen molar-refractivity contribution in [2.75, 3.05) is 38.8 Å². The van der Waals surface area contributed by atoms with Gasteiger partial charge >= 0.3 is 6.01 Å². The van der Waals surface area contributed by atoms with Gasteiger partial charge in [-0.2, -0.15) is 0 Å². The van der Waals surface area contributed by atoms with Crippen molar-refractivity contribution in [2.24, 2.45) is 0 Å². The van der Waals surface area contributed by atoms with Crippen molar-refractivity contribution in [3.63, 3.8) is 0 Å². The molecule has 0 aromatic carbocycles. The first kappa shape index (κ1) is 13.3. The number of rotatable bonds is 8. The lowest BCUT2D eigenvalue weighted by atomic mass is 10.2. The van der Waals surface area contributed by atoms with E-state index in [9.17, 15) is 0 Å². The third-order valence-electron chi connectivity index (χ3n) is 2.63. The molecule has 1 saturated heterocycles. The summed E-state index contributed by atoms with van der Waals surface area (Å²) in [7, 11) is 1.63. The fourth-order valence-electron chi connectivity index (χ4n) is 1.69. The van der Waals surface area contributed by atoms with Crippen LogP contribution in [-0.4, -0.2) is 49.8 Å². The Labute approximate surface area is 106 Å². The first-order valence-corrected chi connectivity index (χ1v) is 6.13. The average Bonchev–Trinajstić information content (AvgIpc) is 3.03. The van der Waals surface area contributed by atoms with Crippen LogP contribution in [0.4, 0.5) is 6.01 Å². The first-order valence-electron chi connectivity index (χ1n) is 6.13. The minimum absolute atomic E-state index is 0.248. The predicted molar refractivity (Wildman–Crippen MR) is 63.3 cm³/mol. The molecule has 2 rings (SSSR count). The Hall–Kier alpha value is -1.18. The van der Waals surface area contributed by atoms with Crippen LogP contribution >= 0.6 is 0 Å². The largest absolute Gasteiger partial charge is 0.406 e. The molecule has 0 amide bonds. The van der Waals surface area contributed by atoms with Gasteiger partial charge in [0.1, 0.15) is 6.61 Å². The maximum absolute atomic E-state index is 5.48. The monoisotopic (exact) mass is 257 g/mol. The van der Waals surface area contributed by atoms with Gasteiger partial charge in [-0.05, 0) is 12.8 Å². The van der Waals surface area contributed by atoms with Gasteiger partial charge in [0.2, 0.25) is 5.89 Å². The van der Waals surface area contributed by atoms with Crippen molar-refractivity contribution in [3.8, 4) is 0 Å². The normalized spacial score (nSPS) is 19.3. The molecule has 2 heterocycles. The van der Waals surface area contributed by atoms with Gasteiger partial charge < -0.3 is 23.9 Å². The number of hydrogen-bond acceptors (Lipinski definition) is 7. The van der Waals surface area contributed by atoms with E-state index in [-0.39, 0.29) is 6.10 Å². The van der Waals surface area contributed by atoms with Crippen LogP contribution in [-0.2, 0) is 20.8 Å². The summed E-state index contributed by atoms with van der Waals surface area (Å²) in [5, 5.41) is 10.8. The Morgan fingerprint density at radius 3 is 3.11 bits per heavy atom. The van der Waals surface area contributed by atoms with E-state index in [0.717, 1.165) is 19.4 Å². The second-order valence-electron chi connectivity index (χ2n) is 4.06. The molecule has 1 N–H and O–H groups in total. The molecule has 1 aromatic heterocycles. The second-order valence-corrected chi connectivity index (χ2v) is 4.06. The van der Waals surface area contributed by atoms with Crippen LogP contribution in [0.15, 0.2) is 4.42 Å². The molecule has 0 aliphatic carbocycles. The highest BCUT2D eigenvalue weighted by atomic mass is 16.5. The average molecular weight is 257 g/mol. The molecule has 0 spiro atoms. The summed E-state index contributed by atoms with van der Waals surface area (Å²) in [4.78, 5) is 0. The molecule has 0 radical (unpaired) electrons. The van der Waals surface area contributed by atoms with Crippen LogP contribution in [0.1, 0.15) is 18.7 Å². The molecular formula is C11H19N3O4. The number of ether oxygens (including phenoxy) is 3. The lowest BCUT2D eigenvalue weighted by molar-refractivity contribution is 0.0519. The number of aromatic nitrogens is 2. The maximum atomic E-state index is 5.48. The Morgan fingerprint density at radius 2 is 2.33 bits per heavy atom. The van der Waals surface area contributed by atoms with Gasteiger partial charge in [-0.1, -0.05) is 5.10 Å².